The minimum absolute atomic E-state index is 0.223. The van der Waals surface area contributed by atoms with E-state index in [-0.39, 0.29) is 5.91 Å². The van der Waals surface area contributed by atoms with Gasteiger partial charge in [0.25, 0.3) is 11.9 Å². The largest absolute Gasteiger partial charge is 0.494 e. The highest BCUT2D eigenvalue weighted by Crippen LogP contribution is 2.22. The highest BCUT2D eigenvalue weighted by atomic mass is 16.5. The lowest BCUT2D eigenvalue weighted by Gasteiger charge is -2.09. The maximum atomic E-state index is 11.4. The average Bonchev–Trinajstić information content (AvgIpc) is 2.46. The van der Waals surface area contributed by atoms with Crippen molar-refractivity contribution in [1.29, 1.82) is 0 Å². The van der Waals surface area contributed by atoms with E-state index in [4.69, 9.17) is 4.74 Å². The number of ether oxygens (including phenoxy) is 1. The summed E-state index contributed by atoms with van der Waals surface area (Å²) in [7, 11) is 1.58. The van der Waals surface area contributed by atoms with Gasteiger partial charge in [0.05, 0.1) is 18.5 Å². The van der Waals surface area contributed by atoms with Crippen LogP contribution < -0.4 is 20.4 Å². The SMILES string of the molecule is COc1ccccc1N/C(NC(C)=O)=[NH+]/c1nc(C)cc(C)n1. The van der Waals surface area contributed by atoms with E-state index in [9.17, 15) is 4.79 Å². The molecule has 0 spiro atoms. The molecule has 1 aromatic carbocycles. The highest BCUT2D eigenvalue weighted by Gasteiger charge is 2.13. The Hall–Kier alpha value is -2.96. The molecule has 1 heterocycles. The first kappa shape index (κ1) is 16.4. The first-order chi connectivity index (χ1) is 11.0. The van der Waals surface area contributed by atoms with Crippen LogP contribution in [0.5, 0.6) is 5.75 Å². The van der Waals surface area contributed by atoms with Crippen molar-refractivity contribution in [2.24, 2.45) is 0 Å². The standard InChI is InChI=1S/C16H19N5O2/c1-10-9-11(2)18-15(17-10)21-16(19-12(3)22)20-13-7-5-6-8-14(13)23-4/h5-9H,1-4H3,(H2,17,18,19,20,21,22)/p+1. The van der Waals surface area contributed by atoms with E-state index >= 15 is 0 Å². The van der Waals surface area contributed by atoms with Crippen LogP contribution >= 0.6 is 0 Å². The van der Waals surface area contributed by atoms with E-state index in [0.29, 0.717) is 23.3 Å². The molecule has 2 aromatic rings. The van der Waals surface area contributed by atoms with E-state index in [0.717, 1.165) is 11.4 Å². The number of methoxy groups -OCH3 is 1. The van der Waals surface area contributed by atoms with Crippen molar-refractivity contribution in [1.82, 2.24) is 15.3 Å². The summed E-state index contributed by atoms with van der Waals surface area (Å²) in [5.41, 5.74) is 2.37. The molecule has 0 aliphatic carbocycles. The summed E-state index contributed by atoms with van der Waals surface area (Å²) < 4.78 is 5.29. The lowest BCUT2D eigenvalue weighted by molar-refractivity contribution is -0.366. The molecule has 0 saturated carbocycles. The number of aryl methyl sites for hydroxylation is 2. The van der Waals surface area contributed by atoms with Crippen LogP contribution in [0, 0.1) is 13.8 Å². The van der Waals surface area contributed by atoms with Crippen molar-refractivity contribution in [3.05, 3.63) is 41.7 Å². The second-order valence-electron chi connectivity index (χ2n) is 4.98. The van der Waals surface area contributed by atoms with Crippen LogP contribution in [-0.2, 0) is 4.79 Å². The van der Waals surface area contributed by atoms with E-state index in [2.05, 4.69) is 25.6 Å². The maximum Gasteiger partial charge on any atom is 0.354 e. The Morgan fingerprint density at radius 3 is 2.43 bits per heavy atom. The van der Waals surface area contributed by atoms with Gasteiger partial charge in [0.15, 0.2) is 5.75 Å². The van der Waals surface area contributed by atoms with Crippen LogP contribution in [0.4, 0.5) is 11.6 Å². The van der Waals surface area contributed by atoms with Crippen LogP contribution in [0.2, 0.25) is 0 Å². The molecule has 0 aliphatic heterocycles. The molecule has 3 N–H and O–H groups in total. The van der Waals surface area contributed by atoms with Crippen LogP contribution in [0.25, 0.3) is 0 Å². The van der Waals surface area contributed by atoms with E-state index in [1.54, 1.807) is 7.11 Å². The van der Waals surface area contributed by atoms with Gasteiger partial charge in [-0.25, -0.2) is 10.3 Å². The Kier molecular flexibility index (Phi) is 5.24. The molecular weight excluding hydrogens is 294 g/mol. The Bertz CT molecular complexity index is 723. The monoisotopic (exact) mass is 314 g/mol. The van der Waals surface area contributed by atoms with Crippen molar-refractivity contribution in [2.45, 2.75) is 20.8 Å². The van der Waals surface area contributed by atoms with Gasteiger partial charge in [0.1, 0.15) is 5.69 Å². The zero-order valence-corrected chi connectivity index (χ0v) is 13.6. The fourth-order valence-electron chi connectivity index (χ4n) is 2.05. The molecule has 7 nitrogen and oxygen atoms in total. The minimum Gasteiger partial charge on any atom is -0.494 e. The maximum absolute atomic E-state index is 11.4. The molecule has 23 heavy (non-hydrogen) atoms. The number of nitrogens with zero attached hydrogens (tertiary/aromatic N) is 2. The van der Waals surface area contributed by atoms with Crippen LogP contribution in [0.15, 0.2) is 30.3 Å². The molecule has 0 fully saturated rings. The second-order valence-corrected chi connectivity index (χ2v) is 4.98. The summed E-state index contributed by atoms with van der Waals surface area (Å²) in [6, 6.07) is 9.26. The summed E-state index contributed by atoms with van der Waals surface area (Å²) in [4.78, 5) is 23.0. The molecule has 0 aliphatic rings. The number of para-hydroxylation sites is 2. The Morgan fingerprint density at radius 2 is 1.83 bits per heavy atom. The van der Waals surface area contributed by atoms with Gasteiger partial charge in [0, 0.05) is 13.0 Å². The Labute approximate surface area is 134 Å². The number of hydrogen-bond donors (Lipinski definition) is 3. The van der Waals surface area contributed by atoms with Crippen LogP contribution in [0.3, 0.4) is 0 Å². The van der Waals surface area contributed by atoms with Crippen molar-refractivity contribution in [3.63, 3.8) is 0 Å². The summed E-state index contributed by atoms with van der Waals surface area (Å²) in [6.07, 6.45) is 0. The predicted octanol–water partition coefficient (Wildman–Crippen LogP) is 0.418. The van der Waals surface area contributed by atoms with Gasteiger partial charge in [-0.05, 0) is 26.0 Å². The van der Waals surface area contributed by atoms with Crippen molar-refractivity contribution in [3.8, 4) is 5.75 Å². The van der Waals surface area contributed by atoms with Crippen molar-refractivity contribution in [2.75, 3.05) is 12.4 Å². The Balaban J connectivity index is 2.36. The third-order valence-corrected chi connectivity index (χ3v) is 2.89. The number of carbonyl (C=O) groups excluding carboxylic acids is 1. The third kappa shape index (κ3) is 4.77. The number of hydrogen-bond acceptors (Lipinski definition) is 4. The normalized spacial score (nSPS) is 11.0. The first-order valence-electron chi connectivity index (χ1n) is 7.12. The van der Waals surface area contributed by atoms with E-state index < -0.39 is 0 Å². The summed E-state index contributed by atoms with van der Waals surface area (Å²) in [5, 5.41) is 5.77. The molecule has 0 saturated heterocycles. The summed E-state index contributed by atoms with van der Waals surface area (Å²) in [6.45, 7) is 5.19. The summed E-state index contributed by atoms with van der Waals surface area (Å²) >= 11 is 0. The van der Waals surface area contributed by atoms with Crippen molar-refractivity contribution < 1.29 is 14.5 Å². The fourth-order valence-corrected chi connectivity index (χ4v) is 2.05. The fraction of sp³-hybridized carbons (Fsp3) is 0.250. The van der Waals surface area contributed by atoms with Gasteiger partial charge in [-0.3, -0.25) is 10.1 Å². The topological polar surface area (TPSA) is 90.1 Å². The lowest BCUT2D eigenvalue weighted by atomic mass is 10.3. The van der Waals surface area contributed by atoms with Crippen molar-refractivity contribution >= 4 is 23.5 Å². The number of amides is 1. The minimum atomic E-state index is -0.223. The molecular formula is C16H20N5O2+. The zero-order valence-electron chi connectivity index (χ0n) is 13.6. The van der Waals surface area contributed by atoms with Crippen LogP contribution in [-0.4, -0.2) is 28.9 Å². The quantitative estimate of drug-likeness (QED) is 0.564. The number of nitrogens with one attached hydrogen (secondary N) is 3. The van der Waals surface area contributed by atoms with Gasteiger partial charge in [0.2, 0.25) is 0 Å². The zero-order chi connectivity index (χ0) is 16.8. The van der Waals surface area contributed by atoms with Gasteiger partial charge in [-0.2, -0.15) is 0 Å². The van der Waals surface area contributed by atoms with E-state index in [1.807, 2.05) is 44.2 Å². The number of anilines is 1. The molecule has 1 aromatic heterocycles. The highest BCUT2D eigenvalue weighted by molar-refractivity contribution is 6.01. The number of aromatic nitrogens is 2. The van der Waals surface area contributed by atoms with Gasteiger partial charge in [-0.15, -0.1) is 9.97 Å². The van der Waals surface area contributed by atoms with Gasteiger partial charge >= 0.3 is 5.95 Å². The molecule has 120 valence electrons. The van der Waals surface area contributed by atoms with Crippen LogP contribution in [0.1, 0.15) is 18.3 Å². The molecule has 2 rings (SSSR count). The molecule has 7 heteroatoms. The molecule has 1 amide bonds. The Morgan fingerprint density at radius 1 is 1.17 bits per heavy atom. The number of guanidine groups is 1. The van der Waals surface area contributed by atoms with Gasteiger partial charge in [-0.1, -0.05) is 12.1 Å². The number of rotatable bonds is 3. The predicted molar refractivity (Wildman–Crippen MR) is 87.6 cm³/mol. The molecule has 0 radical (unpaired) electrons. The number of benzene rings is 1. The molecule has 0 bridgehead atoms. The lowest BCUT2D eigenvalue weighted by Crippen LogP contribution is -2.74. The third-order valence-electron chi connectivity index (χ3n) is 2.89. The smallest absolute Gasteiger partial charge is 0.354 e. The first-order valence-corrected chi connectivity index (χ1v) is 7.12. The van der Waals surface area contributed by atoms with E-state index in [1.165, 1.54) is 6.92 Å². The molecule has 0 unspecified atom stereocenters. The average molecular weight is 314 g/mol. The summed E-state index contributed by atoms with van der Waals surface area (Å²) in [5.74, 6) is 1.18. The second kappa shape index (κ2) is 7.35. The van der Waals surface area contributed by atoms with Gasteiger partial charge < -0.3 is 4.74 Å². The molecule has 0 atom stereocenters. The number of carbonyl (C=O) groups is 1.